The minimum atomic E-state index is 0.0480. The number of rotatable bonds is 2. The van der Waals surface area contributed by atoms with Crippen LogP contribution >= 0.6 is 11.6 Å². The smallest absolute Gasteiger partial charge is 0.142 e. The molecule has 1 aromatic carbocycles. The number of aromatic hydroxyl groups is 1. The molecule has 0 amide bonds. The summed E-state index contributed by atoms with van der Waals surface area (Å²) in [6.45, 7) is 1.84. The third-order valence-corrected chi connectivity index (χ3v) is 4.02. The molecule has 0 saturated carbocycles. The van der Waals surface area contributed by atoms with Gasteiger partial charge in [0, 0.05) is 17.3 Å². The fourth-order valence-corrected chi connectivity index (χ4v) is 2.87. The second-order valence-electron chi connectivity index (χ2n) is 5.21. The van der Waals surface area contributed by atoms with Crippen molar-refractivity contribution in [2.24, 2.45) is 0 Å². The maximum absolute atomic E-state index is 9.57. The van der Waals surface area contributed by atoms with Crippen molar-refractivity contribution in [3.63, 3.8) is 0 Å². The van der Waals surface area contributed by atoms with E-state index in [1.54, 1.807) is 12.3 Å². The summed E-state index contributed by atoms with van der Waals surface area (Å²) in [5, 5.41) is 19.4. The Morgan fingerprint density at radius 2 is 2.04 bits per heavy atom. The molecule has 24 heavy (non-hydrogen) atoms. The Kier molecular flexibility index (Phi) is 4.07. The first-order valence-electron chi connectivity index (χ1n) is 7.13. The Hall–Kier alpha value is -3.10. The van der Waals surface area contributed by atoms with Gasteiger partial charge in [-0.3, -0.25) is 4.98 Å². The lowest BCUT2D eigenvalue weighted by atomic mass is 9.94. The van der Waals surface area contributed by atoms with Gasteiger partial charge in [0.25, 0.3) is 0 Å². The molecule has 6 heteroatoms. The van der Waals surface area contributed by atoms with Crippen molar-refractivity contribution in [1.82, 2.24) is 9.97 Å². The third kappa shape index (κ3) is 2.64. The first kappa shape index (κ1) is 15.8. The monoisotopic (exact) mass is 336 g/mol. The van der Waals surface area contributed by atoms with Gasteiger partial charge in [-0.15, -0.1) is 0 Å². The van der Waals surface area contributed by atoms with Crippen molar-refractivity contribution in [1.29, 1.82) is 5.26 Å². The van der Waals surface area contributed by atoms with Crippen molar-refractivity contribution >= 4 is 17.4 Å². The summed E-state index contributed by atoms with van der Waals surface area (Å²) >= 11 is 6.27. The second kappa shape index (κ2) is 6.19. The van der Waals surface area contributed by atoms with Crippen LogP contribution in [0.3, 0.4) is 0 Å². The lowest BCUT2D eigenvalue weighted by Crippen LogP contribution is -2.04. The number of nitriles is 1. The van der Waals surface area contributed by atoms with E-state index in [-0.39, 0.29) is 17.1 Å². The van der Waals surface area contributed by atoms with Crippen LogP contribution in [0.15, 0.2) is 42.6 Å². The maximum Gasteiger partial charge on any atom is 0.142 e. The summed E-state index contributed by atoms with van der Waals surface area (Å²) in [4.78, 5) is 8.65. The zero-order chi connectivity index (χ0) is 17.3. The maximum atomic E-state index is 9.57. The van der Waals surface area contributed by atoms with Crippen LogP contribution in [-0.2, 0) is 0 Å². The molecule has 3 aromatic rings. The van der Waals surface area contributed by atoms with Gasteiger partial charge in [0.1, 0.15) is 23.2 Å². The second-order valence-corrected chi connectivity index (χ2v) is 5.62. The number of nitrogens with zero attached hydrogens (tertiary/aromatic N) is 3. The molecule has 0 bridgehead atoms. The molecule has 2 heterocycles. The molecule has 0 aliphatic heterocycles. The minimum Gasteiger partial charge on any atom is -0.508 e. The normalized spacial score (nSPS) is 10.4. The van der Waals surface area contributed by atoms with E-state index in [9.17, 15) is 10.4 Å². The van der Waals surface area contributed by atoms with E-state index < -0.39 is 0 Å². The topological polar surface area (TPSA) is 95.8 Å². The number of hydrogen-bond donors (Lipinski definition) is 2. The number of nitrogen functional groups attached to an aromatic ring is 1. The molecule has 2 aromatic heterocycles. The molecular weight excluding hydrogens is 324 g/mol. The van der Waals surface area contributed by atoms with Crippen molar-refractivity contribution in [2.75, 3.05) is 5.73 Å². The van der Waals surface area contributed by atoms with Crippen LogP contribution in [0, 0.1) is 18.3 Å². The molecule has 0 fully saturated rings. The molecule has 3 rings (SSSR count). The number of nitrogens with two attached hydrogens (primary N) is 1. The zero-order valence-corrected chi connectivity index (χ0v) is 13.5. The summed E-state index contributed by atoms with van der Waals surface area (Å²) in [5.74, 6) is 0.162. The number of phenols is 1. The predicted molar refractivity (Wildman–Crippen MR) is 93.4 cm³/mol. The van der Waals surface area contributed by atoms with Gasteiger partial charge in [0.05, 0.1) is 16.4 Å². The van der Waals surface area contributed by atoms with Crippen molar-refractivity contribution in [2.45, 2.75) is 6.92 Å². The quantitative estimate of drug-likeness (QED) is 0.739. The number of hydrogen-bond acceptors (Lipinski definition) is 5. The van der Waals surface area contributed by atoms with Crippen LogP contribution in [0.2, 0.25) is 5.02 Å². The molecule has 0 aliphatic carbocycles. The summed E-state index contributed by atoms with van der Waals surface area (Å²) in [6, 6.07) is 12.2. The molecule has 0 atom stereocenters. The van der Waals surface area contributed by atoms with Gasteiger partial charge in [-0.25, -0.2) is 4.98 Å². The fourth-order valence-electron chi connectivity index (χ4n) is 2.60. The summed E-state index contributed by atoms with van der Waals surface area (Å²) in [5.41, 5.74) is 9.44. The molecule has 118 valence electrons. The Morgan fingerprint density at radius 1 is 1.25 bits per heavy atom. The Labute approximate surface area is 144 Å². The number of pyridine rings is 2. The molecule has 0 unspecified atom stereocenters. The van der Waals surface area contributed by atoms with Gasteiger partial charge < -0.3 is 10.8 Å². The van der Waals surface area contributed by atoms with E-state index in [0.29, 0.717) is 27.5 Å². The molecule has 0 aliphatic rings. The average molecular weight is 337 g/mol. The number of benzene rings is 1. The van der Waals surface area contributed by atoms with Crippen molar-refractivity contribution in [3.8, 4) is 34.3 Å². The van der Waals surface area contributed by atoms with Gasteiger partial charge in [-0.1, -0.05) is 17.7 Å². The summed E-state index contributed by atoms with van der Waals surface area (Å²) in [7, 11) is 0. The standard InChI is InChI=1S/C18H13ClN4O/c1-10-16(12-6-5-11(24)8-14(12)19)13(9-20)18(21)23-17(10)15-4-2-3-7-22-15/h2-8,24H,1H3,(H2,21,23). The Balaban J connectivity index is 2.36. The van der Waals surface area contributed by atoms with E-state index in [0.717, 1.165) is 5.56 Å². The fraction of sp³-hybridized carbons (Fsp3) is 0.0556. The van der Waals surface area contributed by atoms with Crippen LogP contribution in [0.25, 0.3) is 22.5 Å². The van der Waals surface area contributed by atoms with Gasteiger partial charge in [0.2, 0.25) is 0 Å². The largest absolute Gasteiger partial charge is 0.508 e. The lowest BCUT2D eigenvalue weighted by molar-refractivity contribution is 0.475. The van der Waals surface area contributed by atoms with Crippen LogP contribution in [0.1, 0.15) is 11.1 Å². The minimum absolute atomic E-state index is 0.0480. The van der Waals surface area contributed by atoms with Crippen LogP contribution < -0.4 is 5.73 Å². The van der Waals surface area contributed by atoms with Crippen LogP contribution in [0.5, 0.6) is 5.75 Å². The zero-order valence-electron chi connectivity index (χ0n) is 12.8. The van der Waals surface area contributed by atoms with Crippen molar-refractivity contribution in [3.05, 3.63) is 58.7 Å². The molecule has 5 nitrogen and oxygen atoms in total. The van der Waals surface area contributed by atoms with Crippen molar-refractivity contribution < 1.29 is 5.11 Å². The highest BCUT2D eigenvalue weighted by Gasteiger charge is 2.20. The highest BCUT2D eigenvalue weighted by atomic mass is 35.5. The first-order chi connectivity index (χ1) is 11.5. The predicted octanol–water partition coefficient (Wildman–Crippen LogP) is 3.93. The molecule has 0 saturated heterocycles. The van der Waals surface area contributed by atoms with E-state index in [4.69, 9.17) is 17.3 Å². The molecule has 0 spiro atoms. The van der Waals surface area contributed by atoms with E-state index in [2.05, 4.69) is 16.0 Å². The highest BCUT2D eigenvalue weighted by Crippen LogP contribution is 2.39. The van der Waals surface area contributed by atoms with Gasteiger partial charge in [-0.05, 0) is 42.8 Å². The number of aromatic nitrogens is 2. The van der Waals surface area contributed by atoms with E-state index >= 15 is 0 Å². The van der Waals surface area contributed by atoms with E-state index in [1.165, 1.54) is 12.1 Å². The molecular formula is C18H13ClN4O. The Morgan fingerprint density at radius 3 is 2.67 bits per heavy atom. The SMILES string of the molecule is Cc1c(-c2ccccn2)nc(N)c(C#N)c1-c1ccc(O)cc1Cl. The van der Waals surface area contributed by atoms with Gasteiger partial charge >= 0.3 is 0 Å². The van der Waals surface area contributed by atoms with E-state index in [1.807, 2.05) is 25.1 Å². The van der Waals surface area contributed by atoms with Crippen LogP contribution in [-0.4, -0.2) is 15.1 Å². The summed E-state index contributed by atoms with van der Waals surface area (Å²) < 4.78 is 0. The van der Waals surface area contributed by atoms with Gasteiger partial charge in [-0.2, -0.15) is 5.26 Å². The van der Waals surface area contributed by atoms with Crippen LogP contribution in [0.4, 0.5) is 5.82 Å². The number of halogens is 1. The first-order valence-corrected chi connectivity index (χ1v) is 7.51. The Bertz CT molecular complexity index is 965. The average Bonchev–Trinajstić information content (AvgIpc) is 2.57. The lowest BCUT2D eigenvalue weighted by Gasteiger charge is -2.15. The summed E-state index contributed by atoms with van der Waals surface area (Å²) in [6.07, 6.45) is 1.66. The molecule has 3 N–H and O–H groups in total. The highest BCUT2D eigenvalue weighted by molar-refractivity contribution is 6.33. The number of phenolic OH excluding ortho intramolecular Hbond substituents is 1. The third-order valence-electron chi connectivity index (χ3n) is 3.71. The van der Waals surface area contributed by atoms with Gasteiger partial charge in [0.15, 0.2) is 0 Å². The number of anilines is 1. The molecule has 0 radical (unpaired) electrons.